The normalized spacial score (nSPS) is 39.2. The Morgan fingerprint density at radius 2 is 1.40 bits per heavy atom. The molecule has 2 rings (SSSR count). The fraction of sp³-hybridized carbons (Fsp3) is 1.00. The minimum Gasteiger partial charge on any atom is -0.375 e. The molecular weight excluding hydrogens is 188 g/mol. The molecule has 0 aromatic carbocycles. The van der Waals surface area contributed by atoms with Crippen LogP contribution in [-0.4, -0.2) is 24.4 Å². The molecule has 0 N–H and O–H groups in total. The van der Waals surface area contributed by atoms with Gasteiger partial charge in [0.15, 0.2) is 0 Å². The van der Waals surface area contributed by atoms with Gasteiger partial charge in [-0.1, -0.05) is 0 Å². The van der Waals surface area contributed by atoms with E-state index in [1.807, 2.05) is 0 Å². The van der Waals surface area contributed by atoms with E-state index in [0.717, 1.165) is 19.6 Å². The Kier molecular flexibility index (Phi) is 2.63. The van der Waals surface area contributed by atoms with Gasteiger partial charge in [0.25, 0.3) is 0 Å². The molecule has 1 spiro atoms. The Labute approximate surface area is 93.3 Å². The average molecular weight is 212 g/mol. The Balaban J connectivity index is 2.05. The van der Waals surface area contributed by atoms with Crippen molar-refractivity contribution in [3.05, 3.63) is 0 Å². The van der Waals surface area contributed by atoms with Crippen LogP contribution in [0, 0.1) is 5.41 Å². The van der Waals surface area contributed by atoms with Gasteiger partial charge in [0.1, 0.15) is 0 Å². The number of ether oxygens (including phenoxy) is 2. The van der Waals surface area contributed by atoms with Gasteiger partial charge >= 0.3 is 0 Å². The number of rotatable bonds is 0. The zero-order valence-electron chi connectivity index (χ0n) is 10.6. The maximum atomic E-state index is 6.04. The quantitative estimate of drug-likeness (QED) is 0.614. The van der Waals surface area contributed by atoms with Crippen LogP contribution in [0.3, 0.4) is 0 Å². The van der Waals surface area contributed by atoms with Crippen molar-refractivity contribution in [2.45, 2.75) is 64.6 Å². The molecule has 0 amide bonds. The lowest BCUT2D eigenvalue weighted by Crippen LogP contribution is -2.31. The molecule has 0 bridgehead atoms. The molecule has 0 aliphatic carbocycles. The molecule has 2 aliphatic heterocycles. The fourth-order valence-electron chi connectivity index (χ4n) is 2.99. The van der Waals surface area contributed by atoms with Crippen LogP contribution < -0.4 is 0 Å². The second kappa shape index (κ2) is 3.46. The van der Waals surface area contributed by atoms with Gasteiger partial charge in [-0.3, -0.25) is 0 Å². The highest BCUT2D eigenvalue weighted by atomic mass is 16.5. The van der Waals surface area contributed by atoms with E-state index in [0.29, 0.717) is 5.41 Å². The van der Waals surface area contributed by atoms with Crippen LogP contribution in [0.25, 0.3) is 0 Å². The summed E-state index contributed by atoms with van der Waals surface area (Å²) in [5.41, 5.74) is 0.422. The van der Waals surface area contributed by atoms with Crippen LogP contribution in [0.15, 0.2) is 0 Å². The summed E-state index contributed by atoms with van der Waals surface area (Å²) >= 11 is 0. The van der Waals surface area contributed by atoms with Gasteiger partial charge in [-0.05, 0) is 53.4 Å². The third kappa shape index (κ3) is 2.54. The van der Waals surface area contributed by atoms with Gasteiger partial charge in [-0.25, -0.2) is 0 Å². The standard InChI is InChI=1S/C13H24O2/c1-11(2)6-5-7-13(9-14-11)8-12(3,4)15-10-13/h5-10H2,1-4H3. The van der Waals surface area contributed by atoms with Gasteiger partial charge < -0.3 is 9.47 Å². The lowest BCUT2D eigenvalue weighted by Gasteiger charge is -2.28. The van der Waals surface area contributed by atoms with Gasteiger partial charge in [-0.2, -0.15) is 0 Å². The third-order valence-corrected chi connectivity index (χ3v) is 3.82. The van der Waals surface area contributed by atoms with Crippen LogP contribution in [0.2, 0.25) is 0 Å². The highest BCUT2D eigenvalue weighted by molar-refractivity contribution is 4.95. The lowest BCUT2D eigenvalue weighted by molar-refractivity contribution is -0.0512. The van der Waals surface area contributed by atoms with Crippen molar-refractivity contribution in [1.29, 1.82) is 0 Å². The number of hydrogen-bond donors (Lipinski definition) is 0. The first-order valence-corrected chi connectivity index (χ1v) is 6.11. The predicted molar refractivity (Wildman–Crippen MR) is 61.0 cm³/mol. The lowest BCUT2D eigenvalue weighted by atomic mass is 9.79. The van der Waals surface area contributed by atoms with Crippen molar-refractivity contribution in [3.8, 4) is 0 Å². The minimum atomic E-state index is 0.0534. The maximum absolute atomic E-state index is 6.04. The van der Waals surface area contributed by atoms with Crippen molar-refractivity contribution in [3.63, 3.8) is 0 Å². The largest absolute Gasteiger partial charge is 0.375 e. The first-order valence-electron chi connectivity index (χ1n) is 6.11. The van der Waals surface area contributed by atoms with E-state index in [4.69, 9.17) is 9.47 Å². The highest BCUT2D eigenvalue weighted by Gasteiger charge is 2.46. The van der Waals surface area contributed by atoms with Gasteiger partial charge in [-0.15, -0.1) is 0 Å². The van der Waals surface area contributed by atoms with Crippen molar-refractivity contribution in [2.75, 3.05) is 13.2 Å². The maximum Gasteiger partial charge on any atom is 0.0633 e. The van der Waals surface area contributed by atoms with E-state index < -0.39 is 0 Å². The molecule has 2 saturated heterocycles. The van der Waals surface area contributed by atoms with Crippen molar-refractivity contribution >= 4 is 0 Å². The molecule has 88 valence electrons. The van der Waals surface area contributed by atoms with Gasteiger partial charge in [0.05, 0.1) is 24.4 Å². The van der Waals surface area contributed by atoms with E-state index in [2.05, 4.69) is 27.7 Å². The molecule has 2 nitrogen and oxygen atoms in total. The van der Waals surface area contributed by atoms with Gasteiger partial charge in [0, 0.05) is 5.41 Å². The molecule has 1 atom stereocenters. The monoisotopic (exact) mass is 212 g/mol. The molecule has 1 unspecified atom stereocenters. The molecule has 2 heteroatoms. The fourth-order valence-corrected chi connectivity index (χ4v) is 2.99. The summed E-state index contributed by atoms with van der Waals surface area (Å²) in [7, 11) is 0. The zero-order valence-corrected chi connectivity index (χ0v) is 10.6. The van der Waals surface area contributed by atoms with E-state index in [1.54, 1.807) is 0 Å². The molecule has 2 heterocycles. The van der Waals surface area contributed by atoms with E-state index in [1.165, 1.54) is 19.3 Å². The summed E-state index contributed by atoms with van der Waals surface area (Å²) in [6.07, 6.45) is 4.86. The third-order valence-electron chi connectivity index (χ3n) is 3.82. The summed E-state index contributed by atoms with van der Waals surface area (Å²) in [6.45, 7) is 10.6. The second-order valence-electron chi connectivity index (χ2n) is 6.63. The van der Waals surface area contributed by atoms with Crippen molar-refractivity contribution in [2.24, 2.45) is 5.41 Å². The van der Waals surface area contributed by atoms with Crippen LogP contribution in [-0.2, 0) is 9.47 Å². The molecule has 0 saturated carbocycles. The molecule has 0 radical (unpaired) electrons. The van der Waals surface area contributed by atoms with E-state index in [9.17, 15) is 0 Å². The van der Waals surface area contributed by atoms with Crippen LogP contribution in [0.5, 0.6) is 0 Å². The van der Waals surface area contributed by atoms with Crippen molar-refractivity contribution < 1.29 is 9.47 Å². The first-order chi connectivity index (χ1) is 6.83. The van der Waals surface area contributed by atoms with Crippen LogP contribution >= 0.6 is 0 Å². The predicted octanol–water partition coefficient (Wildman–Crippen LogP) is 3.15. The zero-order chi connectivity index (χ0) is 11.2. The molecule has 0 aromatic heterocycles. The summed E-state index contributed by atoms with van der Waals surface area (Å²) in [5, 5.41) is 0. The summed E-state index contributed by atoms with van der Waals surface area (Å²) in [4.78, 5) is 0. The van der Waals surface area contributed by atoms with Gasteiger partial charge in [0.2, 0.25) is 0 Å². The van der Waals surface area contributed by atoms with E-state index in [-0.39, 0.29) is 11.2 Å². The topological polar surface area (TPSA) is 18.5 Å². The SMILES string of the molecule is CC1(C)CCCC2(CO1)COC(C)(C)C2. The Morgan fingerprint density at radius 3 is 1.93 bits per heavy atom. The molecule has 2 fully saturated rings. The van der Waals surface area contributed by atoms with E-state index >= 15 is 0 Å². The highest BCUT2D eigenvalue weighted by Crippen LogP contribution is 2.45. The Bertz CT molecular complexity index is 239. The number of hydrogen-bond acceptors (Lipinski definition) is 2. The minimum absolute atomic E-state index is 0.0534. The summed E-state index contributed by atoms with van der Waals surface area (Å²) < 4.78 is 11.9. The van der Waals surface area contributed by atoms with Crippen LogP contribution in [0.4, 0.5) is 0 Å². The Morgan fingerprint density at radius 1 is 0.800 bits per heavy atom. The Hall–Kier alpha value is -0.0800. The van der Waals surface area contributed by atoms with Crippen molar-refractivity contribution in [1.82, 2.24) is 0 Å². The molecular formula is C13H24O2. The molecule has 0 aromatic rings. The molecule has 2 aliphatic rings. The first kappa shape index (κ1) is 11.4. The summed E-state index contributed by atoms with van der Waals surface area (Å²) in [6, 6.07) is 0. The molecule has 15 heavy (non-hydrogen) atoms. The smallest absolute Gasteiger partial charge is 0.0633 e. The van der Waals surface area contributed by atoms with Crippen LogP contribution in [0.1, 0.15) is 53.4 Å². The average Bonchev–Trinajstić information content (AvgIpc) is 2.31. The summed E-state index contributed by atoms with van der Waals surface area (Å²) in [5.74, 6) is 0. The second-order valence-corrected chi connectivity index (χ2v) is 6.63.